The highest BCUT2D eigenvalue weighted by Crippen LogP contribution is 2.29. The van der Waals surface area contributed by atoms with Crippen molar-refractivity contribution >= 4 is 18.0 Å². The monoisotopic (exact) mass is 419 g/mol. The molecule has 6 nitrogen and oxygen atoms in total. The fourth-order valence-electron chi connectivity index (χ4n) is 2.65. The second-order valence-electron chi connectivity index (χ2n) is 6.38. The van der Waals surface area contributed by atoms with Crippen LogP contribution in [0.5, 0.6) is 11.5 Å². The van der Waals surface area contributed by atoms with Crippen molar-refractivity contribution in [3.8, 4) is 11.5 Å². The second-order valence-corrected chi connectivity index (χ2v) is 6.38. The van der Waals surface area contributed by atoms with Crippen LogP contribution in [0.1, 0.15) is 18.1 Å². The predicted molar refractivity (Wildman–Crippen MR) is 107 cm³/mol. The van der Waals surface area contributed by atoms with Gasteiger partial charge in [-0.3, -0.25) is 4.79 Å². The fraction of sp³-hybridized carbons (Fsp3) is 0.273. The van der Waals surface area contributed by atoms with Crippen molar-refractivity contribution < 1.29 is 32.6 Å². The van der Waals surface area contributed by atoms with Crippen LogP contribution in [0.3, 0.4) is 0 Å². The summed E-state index contributed by atoms with van der Waals surface area (Å²) in [5.74, 6) is -1.07. The van der Waals surface area contributed by atoms with Crippen molar-refractivity contribution in [2.45, 2.75) is 26.2 Å². The van der Waals surface area contributed by atoms with Crippen LogP contribution in [-0.4, -0.2) is 43.6 Å². The van der Waals surface area contributed by atoms with E-state index in [1.165, 1.54) is 43.2 Å². The molecule has 0 aromatic heterocycles. The molecule has 8 heteroatoms. The summed E-state index contributed by atoms with van der Waals surface area (Å²) in [6.07, 6.45) is 1.60. The Labute approximate surface area is 173 Å². The van der Waals surface area contributed by atoms with E-state index < -0.39 is 18.7 Å². The lowest BCUT2D eigenvalue weighted by molar-refractivity contribution is -0.154. The van der Waals surface area contributed by atoms with E-state index in [2.05, 4.69) is 4.74 Å². The average Bonchev–Trinajstić information content (AvgIpc) is 2.72. The largest absolute Gasteiger partial charge is 0.493 e. The molecule has 0 aliphatic carbocycles. The van der Waals surface area contributed by atoms with Crippen LogP contribution in [0.2, 0.25) is 0 Å². The molecule has 0 N–H and O–H groups in total. The quantitative estimate of drug-likeness (QED) is 0.456. The molecule has 0 saturated carbocycles. The maximum absolute atomic E-state index is 12.4. The molecule has 160 valence electrons. The molecular formula is C22H23F2NO5. The van der Waals surface area contributed by atoms with E-state index in [4.69, 9.17) is 9.47 Å². The Kier molecular flexibility index (Phi) is 8.34. The van der Waals surface area contributed by atoms with E-state index in [9.17, 15) is 18.4 Å². The van der Waals surface area contributed by atoms with Gasteiger partial charge >= 0.3 is 12.6 Å². The molecule has 2 aromatic carbocycles. The van der Waals surface area contributed by atoms with Crippen LogP contribution >= 0.6 is 0 Å². The number of rotatable bonds is 9. The van der Waals surface area contributed by atoms with Crippen LogP contribution in [0.15, 0.2) is 54.6 Å². The van der Waals surface area contributed by atoms with E-state index in [0.717, 1.165) is 11.6 Å². The van der Waals surface area contributed by atoms with E-state index >= 15 is 0 Å². The molecule has 30 heavy (non-hydrogen) atoms. The minimum absolute atomic E-state index is 0.0944. The first-order valence-electron chi connectivity index (χ1n) is 9.10. The summed E-state index contributed by atoms with van der Waals surface area (Å²) in [6, 6.07) is 13.7. The molecule has 0 radical (unpaired) electrons. The van der Waals surface area contributed by atoms with Crippen LogP contribution in [0.4, 0.5) is 8.78 Å². The summed E-state index contributed by atoms with van der Waals surface area (Å²) in [4.78, 5) is 25.9. The highest BCUT2D eigenvalue weighted by molar-refractivity contribution is 5.90. The van der Waals surface area contributed by atoms with Crippen molar-refractivity contribution in [2.24, 2.45) is 0 Å². The number of amides is 1. The first-order valence-corrected chi connectivity index (χ1v) is 9.10. The smallest absolute Gasteiger partial charge is 0.387 e. The first kappa shape index (κ1) is 22.9. The lowest BCUT2D eigenvalue weighted by Crippen LogP contribution is -2.36. The van der Waals surface area contributed by atoms with E-state index in [0.29, 0.717) is 12.1 Å². The van der Waals surface area contributed by atoms with Gasteiger partial charge in [0.2, 0.25) is 0 Å². The number of esters is 1. The Morgan fingerprint density at radius 2 is 1.80 bits per heavy atom. The van der Waals surface area contributed by atoms with Gasteiger partial charge in [0.15, 0.2) is 17.6 Å². The predicted octanol–water partition coefficient (Wildman–Crippen LogP) is 3.90. The van der Waals surface area contributed by atoms with Gasteiger partial charge in [-0.05, 0) is 36.3 Å². The van der Waals surface area contributed by atoms with Crippen LogP contribution < -0.4 is 9.47 Å². The Morgan fingerprint density at radius 1 is 1.10 bits per heavy atom. The Balaban J connectivity index is 1.94. The van der Waals surface area contributed by atoms with Gasteiger partial charge in [-0.15, -0.1) is 0 Å². The zero-order valence-corrected chi connectivity index (χ0v) is 16.9. The van der Waals surface area contributed by atoms with Gasteiger partial charge in [0.1, 0.15) is 0 Å². The van der Waals surface area contributed by atoms with Gasteiger partial charge in [0, 0.05) is 19.7 Å². The second kappa shape index (κ2) is 10.9. The third-order valence-electron chi connectivity index (χ3n) is 4.10. The molecular weight excluding hydrogens is 396 g/mol. The molecule has 0 bridgehead atoms. The van der Waals surface area contributed by atoms with E-state index in [-0.39, 0.29) is 17.4 Å². The van der Waals surface area contributed by atoms with Crippen molar-refractivity contribution in [2.75, 3.05) is 14.2 Å². The number of hydrogen-bond donors (Lipinski definition) is 0. The van der Waals surface area contributed by atoms with Crippen LogP contribution in [-0.2, 0) is 20.9 Å². The van der Waals surface area contributed by atoms with Crippen molar-refractivity contribution in [1.29, 1.82) is 0 Å². The summed E-state index contributed by atoms with van der Waals surface area (Å²) >= 11 is 0. The number of alkyl halides is 2. The number of ether oxygens (including phenoxy) is 3. The number of halogens is 2. The number of carbonyl (C=O) groups excluding carboxylic acids is 2. The fourth-order valence-corrected chi connectivity index (χ4v) is 2.65. The molecule has 0 aliphatic rings. The Bertz CT molecular complexity index is 886. The lowest BCUT2D eigenvalue weighted by Gasteiger charge is -2.21. The normalized spacial score (nSPS) is 11.9. The molecule has 0 saturated heterocycles. The van der Waals surface area contributed by atoms with Gasteiger partial charge in [-0.25, -0.2) is 4.79 Å². The molecule has 1 atom stereocenters. The zero-order valence-electron chi connectivity index (χ0n) is 16.9. The number of hydrogen-bond acceptors (Lipinski definition) is 5. The Morgan fingerprint density at radius 3 is 2.43 bits per heavy atom. The van der Waals surface area contributed by atoms with Gasteiger partial charge < -0.3 is 19.1 Å². The summed E-state index contributed by atoms with van der Waals surface area (Å²) in [6.45, 7) is -1.09. The first-order chi connectivity index (χ1) is 14.3. The maximum Gasteiger partial charge on any atom is 0.387 e. The summed E-state index contributed by atoms with van der Waals surface area (Å²) in [5.41, 5.74) is 1.46. The summed E-state index contributed by atoms with van der Waals surface area (Å²) in [5, 5.41) is 0. The Hall–Kier alpha value is -3.42. The van der Waals surface area contributed by atoms with Gasteiger partial charge in [-0.2, -0.15) is 8.78 Å². The van der Waals surface area contributed by atoms with Crippen LogP contribution in [0, 0.1) is 0 Å². The molecule has 2 rings (SSSR count). The third kappa shape index (κ3) is 6.88. The van der Waals surface area contributed by atoms with E-state index in [1.807, 2.05) is 30.3 Å². The summed E-state index contributed by atoms with van der Waals surface area (Å²) < 4.78 is 39.3. The maximum atomic E-state index is 12.4. The number of methoxy groups -OCH3 is 1. The number of likely N-dealkylation sites (N-methyl/N-ethyl adjacent to an activating group) is 1. The molecule has 0 aliphatic heterocycles. The molecule has 0 spiro atoms. The molecule has 1 amide bonds. The highest BCUT2D eigenvalue weighted by Gasteiger charge is 2.20. The third-order valence-corrected chi connectivity index (χ3v) is 4.10. The van der Waals surface area contributed by atoms with Gasteiger partial charge in [0.25, 0.3) is 5.91 Å². The van der Waals surface area contributed by atoms with Crippen LogP contribution in [0.25, 0.3) is 6.08 Å². The molecule has 1 unspecified atom stereocenters. The van der Waals surface area contributed by atoms with Crippen molar-refractivity contribution in [3.05, 3.63) is 65.7 Å². The SMILES string of the molecule is COc1cc(/C=C/C(=O)OC(C)C(=O)N(C)Cc2ccccc2)ccc1OC(F)F. The minimum atomic E-state index is -2.98. The number of nitrogens with zero attached hydrogens (tertiary/aromatic N) is 1. The molecule has 2 aromatic rings. The topological polar surface area (TPSA) is 65.1 Å². The average molecular weight is 419 g/mol. The number of benzene rings is 2. The lowest BCUT2D eigenvalue weighted by atomic mass is 10.2. The summed E-state index contributed by atoms with van der Waals surface area (Å²) in [7, 11) is 2.94. The van der Waals surface area contributed by atoms with Gasteiger partial charge in [-0.1, -0.05) is 36.4 Å². The molecule has 0 heterocycles. The number of carbonyl (C=O) groups is 2. The zero-order chi connectivity index (χ0) is 22.1. The van der Waals surface area contributed by atoms with Gasteiger partial charge in [0.05, 0.1) is 7.11 Å². The van der Waals surface area contributed by atoms with Crippen molar-refractivity contribution in [1.82, 2.24) is 4.90 Å². The highest BCUT2D eigenvalue weighted by atomic mass is 19.3. The standard InChI is InChI=1S/C22H23F2NO5/c1-15(21(27)25(2)14-17-7-5-4-6-8-17)29-20(26)12-10-16-9-11-18(30-22(23)24)19(13-16)28-3/h4-13,15,22H,14H2,1-3H3/b12-10+. The minimum Gasteiger partial charge on any atom is -0.493 e. The molecule has 0 fully saturated rings. The van der Waals surface area contributed by atoms with E-state index in [1.54, 1.807) is 7.05 Å². The van der Waals surface area contributed by atoms with Crippen molar-refractivity contribution in [3.63, 3.8) is 0 Å².